The van der Waals surface area contributed by atoms with Gasteiger partial charge in [0.05, 0.1) is 23.5 Å². The molecule has 0 bridgehead atoms. The van der Waals surface area contributed by atoms with Crippen LogP contribution in [0.3, 0.4) is 0 Å². The zero-order valence-electron chi connectivity index (χ0n) is 11.9. The topological polar surface area (TPSA) is 83.3 Å². The third-order valence-corrected chi connectivity index (χ3v) is 5.23. The molecule has 0 aliphatic carbocycles. The van der Waals surface area contributed by atoms with E-state index in [1.165, 1.54) is 28.7 Å². The van der Waals surface area contributed by atoms with Crippen LogP contribution < -0.4 is 4.74 Å². The van der Waals surface area contributed by atoms with Crippen LogP contribution in [0.4, 0.5) is 4.39 Å². The number of ether oxygens (including phenoxy) is 1. The van der Waals surface area contributed by atoms with Crippen LogP contribution in [0, 0.1) is 17.1 Å². The molecule has 1 aromatic carbocycles. The monoisotopic (exact) mass is 333 g/mol. The van der Waals surface area contributed by atoms with Crippen molar-refractivity contribution in [3.8, 4) is 11.9 Å². The maximum Gasteiger partial charge on any atom is 0.243 e. The summed E-state index contributed by atoms with van der Waals surface area (Å²) in [7, 11) is -3.71. The van der Waals surface area contributed by atoms with Gasteiger partial charge in [-0.25, -0.2) is 17.8 Å². The van der Waals surface area contributed by atoms with Gasteiger partial charge < -0.3 is 4.74 Å². The van der Waals surface area contributed by atoms with Crippen molar-refractivity contribution < 1.29 is 17.5 Å². The van der Waals surface area contributed by atoms with Crippen molar-refractivity contribution in [2.75, 3.05) is 13.1 Å². The first-order valence-electron chi connectivity index (χ1n) is 6.77. The summed E-state index contributed by atoms with van der Waals surface area (Å²) in [5, 5.41) is 8.69. The Kier molecular flexibility index (Phi) is 3.98. The van der Waals surface area contributed by atoms with Crippen LogP contribution in [0.25, 0.3) is 0 Å². The Labute approximate surface area is 132 Å². The van der Waals surface area contributed by atoms with Crippen LogP contribution in [0.15, 0.2) is 47.5 Å². The Hall–Kier alpha value is -2.50. The molecule has 1 saturated heterocycles. The molecule has 23 heavy (non-hydrogen) atoms. The second-order valence-corrected chi connectivity index (χ2v) is 6.95. The van der Waals surface area contributed by atoms with Crippen molar-refractivity contribution in [1.29, 1.82) is 5.26 Å². The molecule has 2 heterocycles. The number of pyridine rings is 1. The number of sulfonamides is 1. The van der Waals surface area contributed by atoms with E-state index in [1.54, 1.807) is 12.1 Å². The van der Waals surface area contributed by atoms with Crippen LogP contribution in [-0.4, -0.2) is 36.9 Å². The summed E-state index contributed by atoms with van der Waals surface area (Å²) in [6, 6.07) is 9.98. The van der Waals surface area contributed by atoms with Crippen molar-refractivity contribution in [3.05, 3.63) is 54.0 Å². The van der Waals surface area contributed by atoms with Gasteiger partial charge in [-0.3, -0.25) is 0 Å². The maximum atomic E-state index is 13.2. The highest BCUT2D eigenvalue weighted by atomic mass is 32.2. The first-order valence-corrected chi connectivity index (χ1v) is 8.21. The van der Waals surface area contributed by atoms with Crippen molar-refractivity contribution >= 4 is 10.0 Å². The van der Waals surface area contributed by atoms with Crippen LogP contribution in [0.2, 0.25) is 0 Å². The number of nitriles is 1. The van der Waals surface area contributed by atoms with E-state index in [9.17, 15) is 12.8 Å². The fraction of sp³-hybridized carbons (Fsp3) is 0.200. The maximum absolute atomic E-state index is 13.2. The van der Waals surface area contributed by atoms with E-state index in [-0.39, 0.29) is 24.1 Å². The summed E-state index contributed by atoms with van der Waals surface area (Å²) in [5.74, 6) is -0.266. The standard InChI is InChI=1S/C15H12FN3O3S/c16-12-2-1-3-14(6-12)23(20,21)19-9-13(10-19)22-15-5-4-11(7-17)8-18-15/h1-6,8,13H,9-10H2. The predicted octanol–water partition coefficient (Wildman–Crippen LogP) is 1.54. The highest BCUT2D eigenvalue weighted by molar-refractivity contribution is 7.89. The number of halogens is 1. The Morgan fingerprint density at radius 2 is 2.09 bits per heavy atom. The molecule has 1 aliphatic heterocycles. The normalized spacial score (nSPS) is 15.7. The SMILES string of the molecule is N#Cc1ccc(OC2CN(S(=O)(=O)c3cccc(F)c3)C2)nc1. The van der Waals surface area contributed by atoms with E-state index < -0.39 is 15.8 Å². The molecule has 0 radical (unpaired) electrons. The molecule has 1 aliphatic rings. The van der Waals surface area contributed by atoms with E-state index in [0.29, 0.717) is 11.4 Å². The number of hydrogen-bond donors (Lipinski definition) is 0. The molecule has 0 atom stereocenters. The third-order valence-electron chi connectivity index (χ3n) is 3.40. The first kappa shape index (κ1) is 15.4. The Morgan fingerprint density at radius 3 is 2.70 bits per heavy atom. The molecule has 118 valence electrons. The Bertz CT molecular complexity index is 856. The first-order chi connectivity index (χ1) is 11.0. The summed E-state index contributed by atoms with van der Waals surface area (Å²) < 4.78 is 44.5. The number of hydrogen-bond acceptors (Lipinski definition) is 5. The van der Waals surface area contributed by atoms with Gasteiger partial charge >= 0.3 is 0 Å². The van der Waals surface area contributed by atoms with Gasteiger partial charge in [-0.05, 0) is 24.3 Å². The molecular formula is C15H12FN3O3S. The van der Waals surface area contributed by atoms with Gasteiger partial charge in [-0.15, -0.1) is 0 Å². The van der Waals surface area contributed by atoms with E-state index in [1.807, 2.05) is 6.07 Å². The van der Waals surface area contributed by atoms with Crippen molar-refractivity contribution in [1.82, 2.24) is 9.29 Å². The molecule has 0 spiro atoms. The summed E-state index contributed by atoms with van der Waals surface area (Å²) in [6.45, 7) is 0.334. The number of rotatable bonds is 4. The molecule has 0 saturated carbocycles. The number of nitrogens with zero attached hydrogens (tertiary/aromatic N) is 3. The average Bonchev–Trinajstić information content (AvgIpc) is 2.51. The summed E-state index contributed by atoms with van der Waals surface area (Å²) in [6.07, 6.45) is 1.06. The molecule has 1 aromatic heterocycles. The fourth-order valence-electron chi connectivity index (χ4n) is 2.13. The predicted molar refractivity (Wildman–Crippen MR) is 78.5 cm³/mol. The van der Waals surface area contributed by atoms with Gasteiger partial charge in [-0.1, -0.05) is 6.07 Å². The minimum atomic E-state index is -3.71. The van der Waals surface area contributed by atoms with E-state index >= 15 is 0 Å². The van der Waals surface area contributed by atoms with Crippen LogP contribution in [-0.2, 0) is 10.0 Å². The molecule has 6 nitrogen and oxygen atoms in total. The van der Waals surface area contributed by atoms with Gasteiger partial charge in [0, 0.05) is 12.3 Å². The van der Waals surface area contributed by atoms with Gasteiger partial charge in [0.2, 0.25) is 15.9 Å². The largest absolute Gasteiger partial charge is 0.472 e. The number of benzene rings is 1. The third kappa shape index (κ3) is 3.16. The molecule has 8 heteroatoms. The molecule has 3 rings (SSSR count). The zero-order chi connectivity index (χ0) is 16.4. The lowest BCUT2D eigenvalue weighted by Crippen LogP contribution is -2.56. The second-order valence-electron chi connectivity index (χ2n) is 5.02. The summed E-state index contributed by atoms with van der Waals surface area (Å²) >= 11 is 0. The number of aromatic nitrogens is 1. The van der Waals surface area contributed by atoms with Gasteiger partial charge in [0.1, 0.15) is 18.0 Å². The van der Waals surface area contributed by atoms with E-state index in [2.05, 4.69) is 4.98 Å². The molecule has 0 N–H and O–H groups in total. The fourth-order valence-corrected chi connectivity index (χ4v) is 3.67. The van der Waals surface area contributed by atoms with Gasteiger partial charge in [0.25, 0.3) is 0 Å². The average molecular weight is 333 g/mol. The van der Waals surface area contributed by atoms with Crippen molar-refractivity contribution in [2.24, 2.45) is 0 Å². The van der Waals surface area contributed by atoms with E-state index in [0.717, 1.165) is 6.07 Å². The summed E-state index contributed by atoms with van der Waals surface area (Å²) in [5.41, 5.74) is 0.418. The molecular weight excluding hydrogens is 321 g/mol. The second kappa shape index (κ2) is 5.95. The lowest BCUT2D eigenvalue weighted by atomic mass is 10.2. The van der Waals surface area contributed by atoms with Gasteiger partial charge in [0.15, 0.2) is 0 Å². The highest BCUT2D eigenvalue weighted by Crippen LogP contribution is 2.24. The molecule has 0 amide bonds. The quantitative estimate of drug-likeness (QED) is 0.847. The molecule has 1 fully saturated rings. The highest BCUT2D eigenvalue weighted by Gasteiger charge is 2.38. The van der Waals surface area contributed by atoms with Crippen molar-refractivity contribution in [3.63, 3.8) is 0 Å². The molecule has 2 aromatic rings. The van der Waals surface area contributed by atoms with Crippen LogP contribution >= 0.6 is 0 Å². The van der Waals surface area contributed by atoms with E-state index in [4.69, 9.17) is 10.00 Å². The van der Waals surface area contributed by atoms with Crippen LogP contribution in [0.5, 0.6) is 5.88 Å². The van der Waals surface area contributed by atoms with Gasteiger partial charge in [-0.2, -0.15) is 9.57 Å². The lowest BCUT2D eigenvalue weighted by Gasteiger charge is -2.37. The molecule has 0 unspecified atom stereocenters. The minimum absolute atomic E-state index is 0.0764. The Balaban J connectivity index is 1.63. The minimum Gasteiger partial charge on any atom is -0.472 e. The lowest BCUT2D eigenvalue weighted by molar-refractivity contribution is 0.0721. The summed E-state index contributed by atoms with van der Waals surface area (Å²) in [4.78, 5) is 3.89. The zero-order valence-corrected chi connectivity index (χ0v) is 12.7. The van der Waals surface area contributed by atoms with Crippen molar-refractivity contribution in [2.45, 2.75) is 11.0 Å². The Morgan fingerprint density at radius 1 is 1.30 bits per heavy atom. The smallest absolute Gasteiger partial charge is 0.243 e. The van der Waals surface area contributed by atoms with Crippen LogP contribution in [0.1, 0.15) is 5.56 Å².